The van der Waals surface area contributed by atoms with E-state index in [1.165, 1.54) is 19.3 Å². The van der Waals surface area contributed by atoms with Crippen LogP contribution in [0.15, 0.2) is 0 Å². The van der Waals surface area contributed by atoms with E-state index in [9.17, 15) is 4.57 Å². The molecular formula is C11H24NO3P. The summed E-state index contributed by atoms with van der Waals surface area (Å²) in [4.78, 5) is 2.23. The topological polar surface area (TPSA) is 38.8 Å². The van der Waals surface area contributed by atoms with Gasteiger partial charge >= 0.3 is 7.60 Å². The first-order valence-corrected chi connectivity index (χ1v) is 7.88. The highest BCUT2D eigenvalue weighted by molar-refractivity contribution is 7.54. The molecule has 0 aromatic heterocycles. The molecule has 1 heterocycles. The van der Waals surface area contributed by atoms with E-state index in [0.717, 1.165) is 13.1 Å². The van der Waals surface area contributed by atoms with Crippen molar-refractivity contribution in [2.75, 3.05) is 26.3 Å². The maximum absolute atomic E-state index is 12.5. The highest BCUT2D eigenvalue weighted by Crippen LogP contribution is 2.54. The van der Waals surface area contributed by atoms with E-state index in [-0.39, 0.29) is 5.78 Å². The first-order chi connectivity index (χ1) is 7.64. The fraction of sp³-hybridized carbons (Fsp3) is 1.00. The van der Waals surface area contributed by atoms with Crippen molar-refractivity contribution in [3.05, 3.63) is 0 Å². The second-order valence-electron chi connectivity index (χ2n) is 4.10. The van der Waals surface area contributed by atoms with Gasteiger partial charge in [-0.3, -0.25) is 9.46 Å². The number of rotatable bonds is 6. The van der Waals surface area contributed by atoms with E-state index >= 15 is 0 Å². The lowest BCUT2D eigenvalue weighted by molar-refractivity contribution is 0.153. The third kappa shape index (κ3) is 3.56. The van der Waals surface area contributed by atoms with E-state index in [0.29, 0.717) is 13.2 Å². The average molecular weight is 249 g/mol. The van der Waals surface area contributed by atoms with Crippen molar-refractivity contribution in [3.63, 3.8) is 0 Å². The van der Waals surface area contributed by atoms with Gasteiger partial charge in [0.2, 0.25) is 0 Å². The smallest absolute Gasteiger partial charge is 0.308 e. The monoisotopic (exact) mass is 249 g/mol. The van der Waals surface area contributed by atoms with Gasteiger partial charge in [0.05, 0.1) is 13.2 Å². The Labute approximate surface area is 98.8 Å². The van der Waals surface area contributed by atoms with Crippen LogP contribution in [0.2, 0.25) is 0 Å². The number of hydrogen-bond acceptors (Lipinski definition) is 4. The van der Waals surface area contributed by atoms with Crippen LogP contribution < -0.4 is 0 Å². The molecule has 96 valence electrons. The molecule has 16 heavy (non-hydrogen) atoms. The van der Waals surface area contributed by atoms with Gasteiger partial charge in [0.15, 0.2) is 0 Å². The van der Waals surface area contributed by atoms with E-state index in [1.807, 2.05) is 20.8 Å². The van der Waals surface area contributed by atoms with Gasteiger partial charge in [-0.25, -0.2) is 0 Å². The fourth-order valence-electron chi connectivity index (χ4n) is 2.10. The molecule has 0 aromatic rings. The molecule has 0 bridgehead atoms. The van der Waals surface area contributed by atoms with Gasteiger partial charge in [-0.15, -0.1) is 0 Å². The molecule has 0 amide bonds. The molecular weight excluding hydrogens is 225 g/mol. The molecule has 1 aliphatic rings. The number of nitrogens with zero attached hydrogens (tertiary/aromatic N) is 1. The zero-order valence-electron chi connectivity index (χ0n) is 10.6. The highest BCUT2D eigenvalue weighted by atomic mass is 31.2. The minimum atomic E-state index is -2.95. The van der Waals surface area contributed by atoms with Crippen molar-refractivity contribution in [2.24, 2.45) is 0 Å². The number of likely N-dealkylation sites (tertiary alicyclic amines) is 1. The second kappa shape index (κ2) is 6.75. The molecule has 1 fully saturated rings. The summed E-state index contributed by atoms with van der Waals surface area (Å²) in [7, 11) is -2.95. The minimum absolute atomic E-state index is 0.118. The molecule has 0 N–H and O–H groups in total. The van der Waals surface area contributed by atoms with E-state index in [2.05, 4.69) is 4.90 Å². The Kier molecular flexibility index (Phi) is 5.98. The summed E-state index contributed by atoms with van der Waals surface area (Å²) in [6, 6.07) is 0. The Bertz CT molecular complexity index is 231. The first kappa shape index (κ1) is 14.2. The summed E-state index contributed by atoms with van der Waals surface area (Å²) >= 11 is 0. The highest BCUT2D eigenvalue weighted by Gasteiger charge is 2.36. The van der Waals surface area contributed by atoms with Crippen LogP contribution in [0, 0.1) is 0 Å². The predicted octanol–water partition coefficient (Wildman–Crippen LogP) is 3.08. The van der Waals surface area contributed by atoms with Crippen LogP contribution in [0.3, 0.4) is 0 Å². The molecule has 0 spiro atoms. The molecule has 1 unspecified atom stereocenters. The van der Waals surface area contributed by atoms with E-state index in [4.69, 9.17) is 9.05 Å². The van der Waals surface area contributed by atoms with Crippen molar-refractivity contribution < 1.29 is 13.6 Å². The molecule has 1 aliphatic heterocycles. The van der Waals surface area contributed by atoms with Gasteiger partial charge in [0, 0.05) is 0 Å². The SMILES string of the molecule is CCOP(=O)(OCC)C(C)N1CCCCC1. The molecule has 0 aliphatic carbocycles. The van der Waals surface area contributed by atoms with Gasteiger partial charge < -0.3 is 9.05 Å². The van der Waals surface area contributed by atoms with Crippen molar-refractivity contribution >= 4 is 7.60 Å². The predicted molar refractivity (Wildman–Crippen MR) is 65.7 cm³/mol. The van der Waals surface area contributed by atoms with Crippen LogP contribution >= 0.6 is 7.60 Å². The molecule has 5 heteroatoms. The Morgan fingerprint density at radius 2 is 1.62 bits per heavy atom. The molecule has 4 nitrogen and oxygen atoms in total. The summed E-state index contributed by atoms with van der Waals surface area (Å²) in [5.74, 6) is -0.118. The maximum Gasteiger partial charge on any atom is 0.347 e. The third-order valence-electron chi connectivity index (χ3n) is 2.99. The number of piperidine rings is 1. The quantitative estimate of drug-likeness (QED) is 0.678. The van der Waals surface area contributed by atoms with Gasteiger partial charge in [0.25, 0.3) is 0 Å². The summed E-state index contributed by atoms with van der Waals surface area (Å²) < 4.78 is 23.3. The molecule has 1 saturated heterocycles. The lowest BCUT2D eigenvalue weighted by Gasteiger charge is -2.35. The lowest BCUT2D eigenvalue weighted by atomic mass is 10.1. The third-order valence-corrected chi connectivity index (χ3v) is 5.47. The summed E-state index contributed by atoms with van der Waals surface area (Å²) in [6.45, 7) is 8.56. The van der Waals surface area contributed by atoms with Gasteiger partial charge in [-0.2, -0.15) is 0 Å². The molecule has 1 rings (SSSR count). The largest absolute Gasteiger partial charge is 0.347 e. The van der Waals surface area contributed by atoms with Gasteiger partial charge in [0.1, 0.15) is 5.78 Å². The summed E-state index contributed by atoms with van der Waals surface area (Å²) in [6.07, 6.45) is 3.64. The fourth-order valence-corrected chi connectivity index (χ4v) is 3.96. The lowest BCUT2D eigenvalue weighted by Crippen LogP contribution is -2.38. The first-order valence-electron chi connectivity index (χ1n) is 6.27. The molecule has 0 radical (unpaired) electrons. The molecule has 1 atom stereocenters. The van der Waals surface area contributed by atoms with Crippen molar-refractivity contribution in [3.8, 4) is 0 Å². The van der Waals surface area contributed by atoms with Crippen LogP contribution in [-0.2, 0) is 13.6 Å². The van der Waals surface area contributed by atoms with Crippen LogP contribution in [0.1, 0.15) is 40.0 Å². The van der Waals surface area contributed by atoms with Crippen molar-refractivity contribution in [1.82, 2.24) is 4.90 Å². The van der Waals surface area contributed by atoms with Gasteiger partial charge in [-0.05, 0) is 46.7 Å². The van der Waals surface area contributed by atoms with Crippen LogP contribution in [0.25, 0.3) is 0 Å². The Morgan fingerprint density at radius 3 is 2.06 bits per heavy atom. The zero-order chi connectivity index (χ0) is 12.0. The van der Waals surface area contributed by atoms with Crippen molar-refractivity contribution in [2.45, 2.75) is 45.8 Å². The molecule has 0 aromatic carbocycles. The Balaban J connectivity index is 2.64. The standard InChI is InChI=1S/C11H24NO3P/c1-4-14-16(13,15-5-2)11(3)12-9-7-6-8-10-12/h11H,4-10H2,1-3H3. The summed E-state index contributed by atoms with van der Waals surface area (Å²) in [5, 5.41) is 0. The van der Waals surface area contributed by atoms with Crippen LogP contribution in [-0.4, -0.2) is 37.0 Å². The zero-order valence-corrected chi connectivity index (χ0v) is 11.5. The average Bonchev–Trinajstić information content (AvgIpc) is 2.30. The van der Waals surface area contributed by atoms with E-state index in [1.54, 1.807) is 0 Å². The second-order valence-corrected chi connectivity index (χ2v) is 6.45. The van der Waals surface area contributed by atoms with Crippen molar-refractivity contribution in [1.29, 1.82) is 0 Å². The Hall–Kier alpha value is 0.110. The maximum atomic E-state index is 12.5. The van der Waals surface area contributed by atoms with Gasteiger partial charge in [-0.1, -0.05) is 6.42 Å². The number of hydrogen-bond donors (Lipinski definition) is 0. The minimum Gasteiger partial charge on any atom is -0.308 e. The normalized spacial score (nSPS) is 20.9. The Morgan fingerprint density at radius 1 is 1.12 bits per heavy atom. The van der Waals surface area contributed by atoms with E-state index < -0.39 is 7.60 Å². The molecule has 0 saturated carbocycles. The summed E-state index contributed by atoms with van der Waals surface area (Å²) in [5.41, 5.74) is 0. The van der Waals surface area contributed by atoms with Crippen LogP contribution in [0.5, 0.6) is 0 Å². The van der Waals surface area contributed by atoms with Crippen LogP contribution in [0.4, 0.5) is 0 Å².